The molecule has 0 aliphatic heterocycles. The second-order valence-corrected chi connectivity index (χ2v) is 1.76. The fourth-order valence-electron chi connectivity index (χ4n) is 0.434. The van der Waals surface area contributed by atoms with Crippen LogP contribution in [0.4, 0.5) is 0 Å². The summed E-state index contributed by atoms with van der Waals surface area (Å²) in [5.74, 6) is 0.159. The fourth-order valence-corrected chi connectivity index (χ4v) is 0.434. The van der Waals surface area contributed by atoms with E-state index in [1.54, 1.807) is 0 Å². The lowest BCUT2D eigenvalue weighted by Crippen LogP contribution is -1.88. The highest BCUT2D eigenvalue weighted by molar-refractivity contribution is 5.75. The molecule has 0 amide bonds. The Labute approximate surface area is 60.4 Å². The van der Waals surface area contributed by atoms with Gasteiger partial charge in [0.15, 0.2) is 0 Å². The summed E-state index contributed by atoms with van der Waals surface area (Å²) in [6, 6.07) is 0. The van der Waals surface area contributed by atoms with E-state index in [1.807, 2.05) is 6.79 Å². The van der Waals surface area contributed by atoms with Crippen molar-refractivity contribution in [1.29, 1.82) is 0 Å². The third-order valence-corrected chi connectivity index (χ3v) is 0.851. The molecule has 0 aliphatic rings. The first kappa shape index (κ1) is 11.8. The molecule has 0 fully saturated rings. The van der Waals surface area contributed by atoms with Gasteiger partial charge in [-0.3, -0.25) is 0 Å². The van der Waals surface area contributed by atoms with Crippen LogP contribution in [-0.4, -0.2) is 18.9 Å². The van der Waals surface area contributed by atoms with Crippen molar-refractivity contribution in [1.82, 2.24) is 0 Å². The fraction of sp³-hybridized carbons (Fsp3) is 0.571. The van der Waals surface area contributed by atoms with E-state index in [4.69, 9.17) is 4.79 Å². The summed E-state index contributed by atoms with van der Waals surface area (Å²) in [5, 5.41) is 0. The van der Waals surface area contributed by atoms with Crippen LogP contribution >= 0.6 is 0 Å². The Morgan fingerprint density at radius 3 is 2.30 bits per heavy atom. The Morgan fingerprint density at radius 1 is 1.50 bits per heavy atom. The zero-order chi connectivity index (χ0) is 8.41. The summed E-state index contributed by atoms with van der Waals surface area (Å²) >= 11 is 0. The number of carbonyl (C=O) groups is 3. The van der Waals surface area contributed by atoms with Crippen LogP contribution in [0.5, 0.6) is 0 Å². The smallest absolute Gasteiger partial charge is 0.129 e. The monoisotopic (exact) mass is 144 g/mol. The van der Waals surface area contributed by atoms with Gasteiger partial charge in [-0.15, -0.1) is 0 Å². The predicted octanol–water partition coefficient (Wildman–Crippen LogP) is 0.760. The van der Waals surface area contributed by atoms with E-state index < -0.39 is 0 Å². The lowest BCUT2D eigenvalue weighted by atomic mass is 10.2. The van der Waals surface area contributed by atoms with Crippen LogP contribution < -0.4 is 0 Å². The molecule has 0 saturated carbocycles. The predicted molar refractivity (Wildman–Crippen MR) is 37.7 cm³/mol. The number of carbonyl (C=O) groups excluding carboxylic acids is 3. The topological polar surface area (TPSA) is 51.2 Å². The van der Waals surface area contributed by atoms with Gasteiger partial charge in [-0.05, 0) is 13.3 Å². The first-order valence-electron chi connectivity index (χ1n) is 2.99. The second kappa shape index (κ2) is 10.9. The lowest BCUT2D eigenvalue weighted by molar-refractivity contribution is -0.117. The van der Waals surface area contributed by atoms with Crippen molar-refractivity contribution in [2.75, 3.05) is 0 Å². The van der Waals surface area contributed by atoms with Crippen LogP contribution in [0, 0.1) is 0 Å². The Hall–Kier alpha value is -0.990. The van der Waals surface area contributed by atoms with Crippen molar-refractivity contribution in [3.63, 3.8) is 0 Å². The zero-order valence-electron chi connectivity index (χ0n) is 6.13. The summed E-state index contributed by atoms with van der Waals surface area (Å²) in [4.78, 5) is 27.9. The molecule has 3 heteroatoms. The summed E-state index contributed by atoms with van der Waals surface area (Å²) in [7, 11) is 0. The van der Waals surface area contributed by atoms with E-state index in [2.05, 4.69) is 0 Å². The number of hydrogen-bond donors (Lipinski definition) is 0. The molecule has 0 saturated heterocycles. The largest absolute Gasteiger partial charge is 0.307 e. The molecule has 58 valence electrons. The molecular formula is C7H12O3. The molecule has 0 spiro atoms. The van der Waals surface area contributed by atoms with Gasteiger partial charge in [0.05, 0.1) is 0 Å². The van der Waals surface area contributed by atoms with Crippen LogP contribution in [0.15, 0.2) is 0 Å². The van der Waals surface area contributed by atoms with E-state index in [0.717, 1.165) is 6.29 Å². The highest BCUT2D eigenvalue weighted by Crippen LogP contribution is 1.91. The molecule has 0 aromatic carbocycles. The summed E-state index contributed by atoms with van der Waals surface area (Å²) in [5.41, 5.74) is 0. The Bertz CT molecular complexity index is 99.0. The molecule has 0 aromatic rings. The van der Waals surface area contributed by atoms with Gasteiger partial charge in [-0.2, -0.15) is 0 Å². The Balaban J connectivity index is 0. The highest BCUT2D eigenvalue weighted by atomic mass is 16.1. The van der Waals surface area contributed by atoms with Gasteiger partial charge >= 0.3 is 0 Å². The summed E-state index contributed by atoms with van der Waals surface area (Å²) in [6.07, 6.45) is 2.60. The van der Waals surface area contributed by atoms with E-state index in [1.165, 1.54) is 6.92 Å². The van der Waals surface area contributed by atoms with Crippen molar-refractivity contribution < 1.29 is 14.4 Å². The molecule has 3 nitrogen and oxygen atoms in total. The maximum Gasteiger partial charge on any atom is 0.129 e. The van der Waals surface area contributed by atoms with Gasteiger partial charge < -0.3 is 14.4 Å². The first-order valence-corrected chi connectivity index (χ1v) is 2.99. The van der Waals surface area contributed by atoms with Crippen LogP contribution in [0.2, 0.25) is 0 Å². The average Bonchev–Trinajstić information content (AvgIpc) is 1.92. The van der Waals surface area contributed by atoms with Gasteiger partial charge in [0.2, 0.25) is 0 Å². The Morgan fingerprint density at radius 2 is 2.00 bits per heavy atom. The molecule has 0 heterocycles. The average molecular weight is 144 g/mol. The van der Waals surface area contributed by atoms with E-state index in [9.17, 15) is 9.59 Å². The van der Waals surface area contributed by atoms with Crippen molar-refractivity contribution >= 4 is 18.9 Å². The minimum Gasteiger partial charge on any atom is -0.307 e. The molecule has 0 aliphatic carbocycles. The van der Waals surface area contributed by atoms with Crippen molar-refractivity contribution in [3.8, 4) is 0 Å². The van der Waals surface area contributed by atoms with Crippen molar-refractivity contribution in [2.24, 2.45) is 0 Å². The lowest BCUT2D eigenvalue weighted by Gasteiger charge is -1.86. The molecule has 0 N–H and O–H groups in total. The Kier molecular flexibility index (Phi) is 12.8. The van der Waals surface area contributed by atoms with Crippen LogP contribution in [0.1, 0.15) is 26.2 Å². The minimum absolute atomic E-state index is 0.159. The minimum atomic E-state index is 0.159. The van der Waals surface area contributed by atoms with Crippen molar-refractivity contribution in [3.05, 3.63) is 0 Å². The third-order valence-electron chi connectivity index (χ3n) is 0.851. The molecule has 0 atom stereocenters. The molecule has 0 radical (unpaired) electrons. The summed E-state index contributed by atoms with van der Waals surface area (Å²) in [6.45, 7) is 3.53. The number of aldehydes is 1. The van der Waals surface area contributed by atoms with Gasteiger partial charge in [0.1, 0.15) is 18.9 Å². The number of rotatable bonds is 4. The van der Waals surface area contributed by atoms with E-state index >= 15 is 0 Å². The number of hydrogen-bond acceptors (Lipinski definition) is 3. The second-order valence-electron chi connectivity index (χ2n) is 1.76. The SMILES string of the molecule is C=O.CC(=O)CCCC=O. The normalized spacial score (nSPS) is 7.30. The number of ketones is 1. The van der Waals surface area contributed by atoms with Crippen LogP contribution in [0.3, 0.4) is 0 Å². The van der Waals surface area contributed by atoms with Crippen LogP contribution in [-0.2, 0) is 14.4 Å². The molecule has 0 bridgehead atoms. The molecule has 0 aromatic heterocycles. The molecular weight excluding hydrogens is 132 g/mol. The van der Waals surface area contributed by atoms with E-state index in [0.29, 0.717) is 19.3 Å². The highest BCUT2D eigenvalue weighted by Gasteiger charge is 1.89. The molecule has 0 rings (SSSR count). The summed E-state index contributed by atoms with van der Waals surface area (Å²) < 4.78 is 0. The van der Waals surface area contributed by atoms with Gasteiger partial charge in [0.25, 0.3) is 0 Å². The third kappa shape index (κ3) is 15.7. The maximum absolute atomic E-state index is 10.2. The van der Waals surface area contributed by atoms with E-state index in [-0.39, 0.29) is 5.78 Å². The van der Waals surface area contributed by atoms with Gasteiger partial charge in [0, 0.05) is 12.8 Å². The van der Waals surface area contributed by atoms with Gasteiger partial charge in [-0.1, -0.05) is 0 Å². The zero-order valence-corrected chi connectivity index (χ0v) is 6.13. The first-order chi connectivity index (χ1) is 4.77. The van der Waals surface area contributed by atoms with Crippen molar-refractivity contribution in [2.45, 2.75) is 26.2 Å². The standard InChI is InChI=1S/C6H10O2.CH2O/c1-6(8)4-2-3-5-7;1-2/h5H,2-4H2,1H3;1H2. The number of Topliss-reactive ketones (excluding diaryl/α,β-unsaturated/α-hetero) is 1. The number of unbranched alkanes of at least 4 members (excludes halogenated alkanes) is 1. The quantitative estimate of drug-likeness (QED) is 0.432. The maximum atomic E-state index is 10.2. The van der Waals surface area contributed by atoms with Crippen LogP contribution in [0.25, 0.3) is 0 Å². The molecule has 10 heavy (non-hydrogen) atoms. The van der Waals surface area contributed by atoms with Gasteiger partial charge in [-0.25, -0.2) is 0 Å². The molecule has 0 unspecified atom stereocenters.